The minimum absolute atomic E-state index is 0.156. The second-order valence-electron chi connectivity index (χ2n) is 8.52. The van der Waals surface area contributed by atoms with Crippen molar-refractivity contribution in [1.82, 2.24) is 14.5 Å². The smallest absolute Gasteiger partial charge is 0.256 e. The molecule has 1 aromatic carbocycles. The Morgan fingerprint density at radius 1 is 1.17 bits per heavy atom. The molecule has 5 rings (SSSR count). The van der Waals surface area contributed by atoms with Crippen molar-refractivity contribution >= 4 is 5.71 Å². The van der Waals surface area contributed by atoms with Gasteiger partial charge >= 0.3 is 0 Å². The maximum atomic E-state index is 13.3. The molecule has 2 aromatic rings. The molecule has 5 nitrogen and oxygen atoms in total. The van der Waals surface area contributed by atoms with Crippen molar-refractivity contribution in [1.29, 1.82) is 0 Å². The van der Waals surface area contributed by atoms with Gasteiger partial charge < -0.3 is 0 Å². The summed E-state index contributed by atoms with van der Waals surface area (Å²) in [6.07, 6.45) is 6.07. The third-order valence-corrected chi connectivity index (χ3v) is 6.73. The summed E-state index contributed by atoms with van der Waals surface area (Å²) in [5.74, 6) is 1.20. The number of hydrogen-bond acceptors (Lipinski definition) is 4. The van der Waals surface area contributed by atoms with Gasteiger partial charge in [-0.25, -0.2) is 9.37 Å². The zero-order valence-corrected chi connectivity index (χ0v) is 16.9. The van der Waals surface area contributed by atoms with Crippen LogP contribution in [0.2, 0.25) is 0 Å². The van der Waals surface area contributed by atoms with E-state index in [0.717, 1.165) is 86.5 Å². The van der Waals surface area contributed by atoms with Crippen molar-refractivity contribution in [2.24, 2.45) is 10.9 Å². The summed E-state index contributed by atoms with van der Waals surface area (Å²) >= 11 is 0. The number of benzene rings is 1. The molecule has 0 N–H and O–H groups in total. The van der Waals surface area contributed by atoms with Crippen molar-refractivity contribution in [3.8, 4) is 0 Å². The highest BCUT2D eigenvalue weighted by molar-refractivity contribution is 6.03. The summed E-state index contributed by atoms with van der Waals surface area (Å²) in [6.45, 7) is 4.59. The number of aliphatic imine (C=N–C) groups is 1. The first-order chi connectivity index (χ1) is 14.1. The zero-order valence-electron chi connectivity index (χ0n) is 16.9. The predicted molar refractivity (Wildman–Crippen MR) is 111 cm³/mol. The average Bonchev–Trinajstić information content (AvgIpc) is 3.07. The molecule has 29 heavy (non-hydrogen) atoms. The molecule has 0 radical (unpaired) electrons. The molecule has 2 atom stereocenters. The summed E-state index contributed by atoms with van der Waals surface area (Å²) in [5, 5.41) is 0. The first-order valence-corrected chi connectivity index (χ1v) is 10.8. The zero-order chi connectivity index (χ0) is 20.0. The number of hydrogen-bond donors (Lipinski definition) is 0. The van der Waals surface area contributed by atoms with Gasteiger partial charge in [0.25, 0.3) is 5.56 Å². The molecule has 152 valence electrons. The van der Waals surface area contributed by atoms with Gasteiger partial charge in [-0.05, 0) is 56.7 Å². The summed E-state index contributed by atoms with van der Waals surface area (Å²) in [5.41, 5.74) is 4.06. The molecule has 3 aliphatic rings. The van der Waals surface area contributed by atoms with Gasteiger partial charge in [-0.3, -0.25) is 19.3 Å². The van der Waals surface area contributed by atoms with Crippen LogP contribution in [0.15, 0.2) is 34.1 Å². The van der Waals surface area contributed by atoms with Crippen LogP contribution in [-0.2, 0) is 19.4 Å². The molecule has 0 aliphatic carbocycles. The summed E-state index contributed by atoms with van der Waals surface area (Å²) in [4.78, 5) is 25.1. The van der Waals surface area contributed by atoms with E-state index in [-0.39, 0.29) is 17.5 Å². The third-order valence-electron chi connectivity index (χ3n) is 6.73. The highest BCUT2D eigenvalue weighted by Gasteiger charge is 2.37. The van der Waals surface area contributed by atoms with E-state index in [1.807, 2.05) is 23.6 Å². The topological polar surface area (TPSA) is 50.5 Å². The Kier molecular flexibility index (Phi) is 4.82. The van der Waals surface area contributed by atoms with E-state index < -0.39 is 0 Å². The summed E-state index contributed by atoms with van der Waals surface area (Å²) in [6, 6.07) is 6.69. The lowest BCUT2D eigenvalue weighted by atomic mass is 9.90. The quantitative estimate of drug-likeness (QED) is 0.801. The third kappa shape index (κ3) is 3.44. The molecule has 0 saturated carbocycles. The van der Waals surface area contributed by atoms with E-state index in [1.54, 1.807) is 0 Å². The second kappa shape index (κ2) is 7.48. The van der Waals surface area contributed by atoms with Gasteiger partial charge in [0.2, 0.25) is 0 Å². The Bertz CT molecular complexity index is 1010. The monoisotopic (exact) mass is 394 g/mol. The number of fused-ring (bicyclic) bond motifs is 3. The lowest BCUT2D eigenvalue weighted by Gasteiger charge is -2.32. The Hall–Kier alpha value is -2.34. The molecular weight excluding hydrogens is 367 g/mol. The van der Waals surface area contributed by atoms with E-state index in [2.05, 4.69) is 4.90 Å². The van der Waals surface area contributed by atoms with Gasteiger partial charge in [-0.15, -0.1) is 0 Å². The van der Waals surface area contributed by atoms with Crippen LogP contribution in [-0.4, -0.2) is 39.4 Å². The van der Waals surface area contributed by atoms with Gasteiger partial charge in [0.1, 0.15) is 17.8 Å². The number of piperidine rings is 1. The molecule has 0 spiro atoms. The van der Waals surface area contributed by atoms with Gasteiger partial charge in [0, 0.05) is 48.9 Å². The number of aromatic nitrogens is 2. The number of aryl methyl sites for hydroxylation is 2. The second-order valence-corrected chi connectivity index (χ2v) is 8.52. The number of nitrogens with zero attached hydrogens (tertiary/aromatic N) is 4. The van der Waals surface area contributed by atoms with Crippen molar-refractivity contribution < 1.29 is 4.39 Å². The number of likely N-dealkylation sites (tertiary alicyclic amines) is 1. The minimum atomic E-state index is -0.211. The van der Waals surface area contributed by atoms with Crippen molar-refractivity contribution in [3.05, 3.63) is 63.1 Å². The maximum Gasteiger partial charge on any atom is 0.256 e. The van der Waals surface area contributed by atoms with Crippen molar-refractivity contribution in [2.45, 2.75) is 58.2 Å². The van der Waals surface area contributed by atoms with Crippen LogP contribution in [0, 0.1) is 18.7 Å². The number of halogens is 1. The van der Waals surface area contributed by atoms with E-state index >= 15 is 0 Å². The van der Waals surface area contributed by atoms with Crippen molar-refractivity contribution in [2.75, 3.05) is 13.1 Å². The minimum Gasteiger partial charge on any atom is -0.296 e. The molecule has 2 bridgehead atoms. The molecule has 1 saturated heterocycles. The lowest BCUT2D eigenvalue weighted by Crippen LogP contribution is -2.41. The van der Waals surface area contributed by atoms with E-state index in [4.69, 9.17) is 9.98 Å². The van der Waals surface area contributed by atoms with Gasteiger partial charge in [-0.1, -0.05) is 12.1 Å². The van der Waals surface area contributed by atoms with Crippen LogP contribution >= 0.6 is 0 Å². The van der Waals surface area contributed by atoms with Gasteiger partial charge in [0.15, 0.2) is 0 Å². The van der Waals surface area contributed by atoms with Crippen LogP contribution in [0.1, 0.15) is 48.3 Å². The Morgan fingerprint density at radius 3 is 2.83 bits per heavy atom. The maximum absolute atomic E-state index is 13.3. The average molecular weight is 394 g/mol. The molecule has 1 aromatic heterocycles. The highest BCUT2D eigenvalue weighted by atomic mass is 19.1. The van der Waals surface area contributed by atoms with Crippen LogP contribution in [0.25, 0.3) is 0 Å². The fourth-order valence-corrected chi connectivity index (χ4v) is 5.11. The van der Waals surface area contributed by atoms with Gasteiger partial charge in [0.05, 0.1) is 0 Å². The predicted octanol–water partition coefficient (Wildman–Crippen LogP) is 3.11. The first-order valence-electron chi connectivity index (χ1n) is 10.8. The molecule has 2 unspecified atom stereocenters. The van der Waals surface area contributed by atoms with Crippen LogP contribution < -0.4 is 5.56 Å². The first kappa shape index (κ1) is 18.7. The van der Waals surface area contributed by atoms with Gasteiger partial charge in [-0.2, -0.15) is 0 Å². The Labute approximate surface area is 170 Å². The normalized spacial score (nSPS) is 23.7. The van der Waals surface area contributed by atoms with E-state index in [9.17, 15) is 9.18 Å². The fraction of sp³-hybridized carbons (Fsp3) is 0.522. The Balaban J connectivity index is 1.33. The molecule has 0 amide bonds. The molecule has 3 aliphatic heterocycles. The standard InChI is InChI=1S/C23H27FN4O/c1-15-19(23(29)28-11-3-2-4-20(28)25-15)10-13-27-12-9-17-14-21(27)26-22(17)16-5-7-18(24)8-6-16/h5-8,17,21H,2-4,9-14H2,1H3. The van der Waals surface area contributed by atoms with Crippen LogP contribution in [0.3, 0.4) is 0 Å². The van der Waals surface area contributed by atoms with E-state index in [0.29, 0.717) is 5.92 Å². The SMILES string of the molecule is Cc1nc2n(c(=O)c1CCN1CCC3CC1N=C3c1ccc(F)cc1)CCCC2. The van der Waals surface area contributed by atoms with Crippen LogP contribution in [0.4, 0.5) is 4.39 Å². The fourth-order valence-electron chi connectivity index (χ4n) is 5.11. The van der Waals surface area contributed by atoms with Crippen molar-refractivity contribution in [3.63, 3.8) is 0 Å². The summed E-state index contributed by atoms with van der Waals surface area (Å²) in [7, 11) is 0. The van der Waals surface area contributed by atoms with Crippen LogP contribution in [0.5, 0.6) is 0 Å². The molecule has 1 fully saturated rings. The lowest BCUT2D eigenvalue weighted by molar-refractivity contribution is 0.154. The Morgan fingerprint density at radius 2 is 2.00 bits per heavy atom. The molecular formula is C23H27FN4O. The molecule has 4 heterocycles. The van der Waals surface area contributed by atoms with E-state index in [1.165, 1.54) is 12.1 Å². The molecule has 6 heteroatoms. The summed E-state index contributed by atoms with van der Waals surface area (Å²) < 4.78 is 15.1. The highest BCUT2D eigenvalue weighted by Crippen LogP contribution is 2.34. The number of rotatable bonds is 4. The largest absolute Gasteiger partial charge is 0.296 e.